The van der Waals surface area contributed by atoms with E-state index in [1.807, 2.05) is 42.5 Å². The lowest BCUT2D eigenvalue weighted by Gasteiger charge is -2.24. The molecule has 6 heteroatoms. The molecule has 1 heterocycles. The van der Waals surface area contributed by atoms with E-state index in [9.17, 15) is 9.59 Å². The number of aryl methyl sites for hydroxylation is 1. The molecule has 168 valence electrons. The van der Waals surface area contributed by atoms with Crippen LogP contribution >= 0.6 is 11.8 Å². The third kappa shape index (κ3) is 5.17. The highest BCUT2D eigenvalue weighted by Gasteiger charge is 2.35. The van der Waals surface area contributed by atoms with Gasteiger partial charge in [0.2, 0.25) is 0 Å². The lowest BCUT2D eigenvalue weighted by molar-refractivity contribution is 0.0820. The van der Waals surface area contributed by atoms with E-state index < -0.39 is 0 Å². The number of nitrogens with zero attached hydrogens (tertiary/aromatic N) is 2. The van der Waals surface area contributed by atoms with Crippen molar-refractivity contribution >= 4 is 40.1 Å². The molecule has 3 aromatic rings. The van der Waals surface area contributed by atoms with Crippen LogP contribution in [0.15, 0.2) is 83.9 Å². The number of amides is 2. The van der Waals surface area contributed by atoms with Crippen LogP contribution in [0.5, 0.6) is 0 Å². The maximum atomic E-state index is 13.7. The van der Waals surface area contributed by atoms with Crippen molar-refractivity contribution in [1.29, 1.82) is 0 Å². The van der Waals surface area contributed by atoms with Crippen LogP contribution in [0.4, 0.5) is 11.4 Å². The van der Waals surface area contributed by atoms with Crippen LogP contribution in [0.25, 0.3) is 0 Å². The molecule has 33 heavy (non-hydrogen) atoms. The van der Waals surface area contributed by atoms with Crippen LogP contribution in [0.2, 0.25) is 0 Å². The first-order valence-electron chi connectivity index (χ1n) is 11.2. The standard InChI is InChI=1S/C27H27N3O2S/c1-3-19-14-16-21(17-15-19)28-27-30(22(4-2)18-33-27)26(32)23-12-8-9-13-24(23)29-25(31)20-10-6-5-7-11-20/h5-17,22H,3-4,18H2,1-2H3,(H,29,31)/t22-/m1/s1. The molecule has 1 aliphatic heterocycles. The van der Waals surface area contributed by atoms with Crippen molar-refractivity contribution in [2.75, 3.05) is 11.1 Å². The first kappa shape index (κ1) is 22.8. The summed E-state index contributed by atoms with van der Waals surface area (Å²) in [5.74, 6) is 0.399. The van der Waals surface area contributed by atoms with Gasteiger partial charge in [-0.15, -0.1) is 0 Å². The van der Waals surface area contributed by atoms with Gasteiger partial charge in [0.25, 0.3) is 11.8 Å². The summed E-state index contributed by atoms with van der Waals surface area (Å²) in [5.41, 5.74) is 3.57. The topological polar surface area (TPSA) is 61.8 Å². The number of amidine groups is 1. The highest BCUT2D eigenvalue weighted by molar-refractivity contribution is 8.14. The number of hydrogen-bond acceptors (Lipinski definition) is 4. The van der Waals surface area contributed by atoms with Crippen LogP contribution in [0, 0.1) is 0 Å². The average Bonchev–Trinajstić information content (AvgIpc) is 3.27. The van der Waals surface area contributed by atoms with Gasteiger partial charge in [0, 0.05) is 17.4 Å². The molecule has 3 aromatic carbocycles. The monoisotopic (exact) mass is 457 g/mol. The number of hydrogen-bond donors (Lipinski definition) is 1. The molecule has 0 saturated carbocycles. The predicted molar refractivity (Wildman–Crippen MR) is 136 cm³/mol. The van der Waals surface area contributed by atoms with E-state index in [4.69, 9.17) is 4.99 Å². The Labute approximate surface area is 198 Å². The van der Waals surface area contributed by atoms with Gasteiger partial charge >= 0.3 is 0 Å². The fourth-order valence-corrected chi connectivity index (χ4v) is 4.99. The summed E-state index contributed by atoms with van der Waals surface area (Å²) in [4.78, 5) is 33.0. The lowest BCUT2D eigenvalue weighted by Crippen LogP contribution is -2.39. The largest absolute Gasteiger partial charge is 0.321 e. The molecular weight excluding hydrogens is 430 g/mol. The van der Waals surface area contributed by atoms with Gasteiger partial charge in [0.15, 0.2) is 5.17 Å². The zero-order valence-corrected chi connectivity index (χ0v) is 19.6. The number of para-hydroxylation sites is 1. The molecule has 0 spiro atoms. The third-order valence-electron chi connectivity index (χ3n) is 5.68. The van der Waals surface area contributed by atoms with Gasteiger partial charge in [-0.05, 0) is 54.8 Å². The Balaban J connectivity index is 1.63. The predicted octanol–water partition coefficient (Wildman–Crippen LogP) is 6.16. The second-order valence-corrected chi connectivity index (χ2v) is 8.82. The number of nitrogens with one attached hydrogen (secondary N) is 1. The number of anilines is 1. The van der Waals surface area contributed by atoms with E-state index in [1.165, 1.54) is 5.56 Å². The smallest absolute Gasteiger partial charge is 0.262 e. The molecule has 1 atom stereocenters. The van der Waals surface area contributed by atoms with E-state index in [2.05, 4.69) is 31.3 Å². The normalized spacial score (nSPS) is 16.7. The Kier molecular flexibility index (Phi) is 7.25. The SMILES string of the molecule is CCc1ccc(N=C2SC[C@@H](CC)N2C(=O)c2ccccc2NC(=O)c2ccccc2)cc1. The maximum absolute atomic E-state index is 13.7. The Bertz CT molecular complexity index is 1160. The number of carbonyl (C=O) groups is 2. The van der Waals surface area contributed by atoms with Gasteiger partial charge in [0.05, 0.1) is 16.9 Å². The maximum Gasteiger partial charge on any atom is 0.262 e. The third-order valence-corrected chi connectivity index (χ3v) is 6.77. The molecule has 0 aliphatic carbocycles. The summed E-state index contributed by atoms with van der Waals surface area (Å²) in [6.45, 7) is 4.20. The summed E-state index contributed by atoms with van der Waals surface area (Å²) in [6.07, 6.45) is 1.80. The van der Waals surface area contributed by atoms with Crippen LogP contribution in [-0.4, -0.2) is 33.7 Å². The van der Waals surface area contributed by atoms with Gasteiger partial charge < -0.3 is 5.32 Å². The zero-order valence-electron chi connectivity index (χ0n) is 18.8. The number of benzene rings is 3. The Hall–Kier alpha value is -3.38. The van der Waals surface area contributed by atoms with Crippen molar-refractivity contribution in [1.82, 2.24) is 4.90 Å². The summed E-state index contributed by atoms with van der Waals surface area (Å²) in [7, 11) is 0. The number of carbonyl (C=O) groups excluding carboxylic acids is 2. The molecule has 1 fully saturated rings. The molecule has 1 saturated heterocycles. The van der Waals surface area contributed by atoms with E-state index >= 15 is 0 Å². The summed E-state index contributed by atoms with van der Waals surface area (Å²) >= 11 is 1.60. The second kappa shape index (κ2) is 10.5. The first-order chi connectivity index (χ1) is 16.1. The van der Waals surface area contributed by atoms with Crippen LogP contribution < -0.4 is 5.32 Å². The Morgan fingerprint density at radius 3 is 2.36 bits per heavy atom. The van der Waals surface area contributed by atoms with E-state index in [-0.39, 0.29) is 17.9 Å². The quantitative estimate of drug-likeness (QED) is 0.482. The van der Waals surface area contributed by atoms with Crippen molar-refractivity contribution < 1.29 is 9.59 Å². The van der Waals surface area contributed by atoms with Crippen molar-refractivity contribution in [3.8, 4) is 0 Å². The number of aliphatic imine (C=N–C) groups is 1. The molecule has 0 radical (unpaired) electrons. The number of rotatable bonds is 6. The van der Waals surface area contributed by atoms with Crippen molar-refractivity contribution in [3.63, 3.8) is 0 Å². The molecule has 1 N–H and O–H groups in total. The van der Waals surface area contributed by atoms with Crippen LogP contribution in [-0.2, 0) is 6.42 Å². The van der Waals surface area contributed by atoms with Gasteiger partial charge in [-0.2, -0.15) is 0 Å². The fourth-order valence-electron chi connectivity index (χ4n) is 3.72. The van der Waals surface area contributed by atoms with Crippen molar-refractivity contribution in [2.45, 2.75) is 32.7 Å². The van der Waals surface area contributed by atoms with Gasteiger partial charge in [-0.3, -0.25) is 14.5 Å². The summed E-state index contributed by atoms with van der Waals surface area (Å²) in [6, 6.07) is 24.3. The van der Waals surface area contributed by atoms with Gasteiger partial charge in [-0.25, -0.2) is 4.99 Å². The molecule has 0 aromatic heterocycles. The molecule has 1 aliphatic rings. The van der Waals surface area contributed by atoms with Crippen molar-refractivity contribution in [3.05, 3.63) is 95.6 Å². The minimum atomic E-state index is -0.247. The molecular formula is C27H27N3O2S. The van der Waals surface area contributed by atoms with E-state index in [1.54, 1.807) is 40.9 Å². The summed E-state index contributed by atoms with van der Waals surface area (Å²) in [5, 5.41) is 3.60. The first-order valence-corrected chi connectivity index (χ1v) is 12.2. The Morgan fingerprint density at radius 2 is 1.67 bits per heavy atom. The average molecular weight is 458 g/mol. The van der Waals surface area contributed by atoms with E-state index in [0.29, 0.717) is 22.0 Å². The molecule has 2 amide bonds. The van der Waals surface area contributed by atoms with Gasteiger partial charge in [0.1, 0.15) is 0 Å². The zero-order chi connectivity index (χ0) is 23.2. The summed E-state index contributed by atoms with van der Waals surface area (Å²) < 4.78 is 0. The number of thioether (sulfide) groups is 1. The fraction of sp³-hybridized carbons (Fsp3) is 0.222. The van der Waals surface area contributed by atoms with Crippen LogP contribution in [0.3, 0.4) is 0 Å². The minimum absolute atomic E-state index is 0.0500. The molecule has 5 nitrogen and oxygen atoms in total. The lowest BCUT2D eigenvalue weighted by atomic mass is 10.1. The Morgan fingerprint density at radius 1 is 0.970 bits per heavy atom. The van der Waals surface area contributed by atoms with Crippen LogP contribution in [0.1, 0.15) is 46.5 Å². The molecule has 0 bridgehead atoms. The molecule has 4 rings (SSSR count). The second-order valence-electron chi connectivity index (χ2n) is 7.83. The van der Waals surface area contributed by atoms with E-state index in [0.717, 1.165) is 24.3 Å². The van der Waals surface area contributed by atoms with Crippen molar-refractivity contribution in [2.24, 2.45) is 4.99 Å². The highest BCUT2D eigenvalue weighted by Crippen LogP contribution is 2.32. The van der Waals surface area contributed by atoms with Gasteiger partial charge in [-0.1, -0.05) is 68.1 Å². The molecule has 0 unspecified atom stereocenters. The minimum Gasteiger partial charge on any atom is -0.321 e. The highest BCUT2D eigenvalue weighted by atomic mass is 32.2.